The molecule has 0 unspecified atom stereocenters. The lowest BCUT2D eigenvalue weighted by molar-refractivity contribution is 0.179. The van der Waals surface area contributed by atoms with Crippen LogP contribution in [0, 0.1) is 11.3 Å². The van der Waals surface area contributed by atoms with Gasteiger partial charge in [-0.25, -0.2) is 4.98 Å². The molecule has 0 saturated heterocycles. The Morgan fingerprint density at radius 2 is 2.40 bits per heavy atom. The SMILES string of the molecule is COCc1nsc(N2CCc3c(sc(N)c3C#N)C2)n1. The number of hydrogen-bond donors (Lipinski definition) is 1. The first-order chi connectivity index (χ1) is 9.72. The fourth-order valence-corrected chi connectivity index (χ4v) is 4.05. The van der Waals surface area contributed by atoms with Crippen molar-refractivity contribution in [2.24, 2.45) is 0 Å². The summed E-state index contributed by atoms with van der Waals surface area (Å²) in [6.07, 6.45) is 0.825. The smallest absolute Gasteiger partial charge is 0.205 e. The van der Waals surface area contributed by atoms with Gasteiger partial charge in [0.15, 0.2) is 5.82 Å². The highest BCUT2D eigenvalue weighted by Gasteiger charge is 2.25. The number of ether oxygens (including phenoxy) is 1. The maximum Gasteiger partial charge on any atom is 0.205 e. The summed E-state index contributed by atoms with van der Waals surface area (Å²) in [5, 5.41) is 10.7. The number of fused-ring (bicyclic) bond motifs is 1. The van der Waals surface area contributed by atoms with E-state index in [1.54, 1.807) is 7.11 Å². The fraction of sp³-hybridized carbons (Fsp3) is 0.417. The predicted molar refractivity (Wildman–Crippen MR) is 78.8 cm³/mol. The lowest BCUT2D eigenvalue weighted by Crippen LogP contribution is -2.29. The second kappa shape index (κ2) is 5.36. The highest BCUT2D eigenvalue weighted by atomic mass is 32.1. The van der Waals surface area contributed by atoms with E-state index >= 15 is 0 Å². The molecule has 104 valence electrons. The summed E-state index contributed by atoms with van der Waals surface area (Å²) in [5.41, 5.74) is 7.65. The summed E-state index contributed by atoms with van der Waals surface area (Å²) in [4.78, 5) is 7.80. The van der Waals surface area contributed by atoms with Crippen molar-refractivity contribution in [3.8, 4) is 6.07 Å². The molecule has 0 saturated carbocycles. The molecule has 1 aliphatic rings. The van der Waals surface area contributed by atoms with Gasteiger partial charge in [-0.2, -0.15) is 9.64 Å². The van der Waals surface area contributed by atoms with Crippen molar-refractivity contribution < 1.29 is 4.74 Å². The van der Waals surface area contributed by atoms with Crippen LogP contribution in [0.4, 0.5) is 10.1 Å². The first-order valence-electron chi connectivity index (χ1n) is 6.09. The van der Waals surface area contributed by atoms with Crippen LogP contribution in [0.1, 0.15) is 21.8 Å². The van der Waals surface area contributed by atoms with Gasteiger partial charge in [-0.3, -0.25) is 0 Å². The fourth-order valence-electron chi connectivity index (χ4n) is 2.27. The minimum Gasteiger partial charge on any atom is -0.389 e. The van der Waals surface area contributed by atoms with Crippen molar-refractivity contribution in [3.63, 3.8) is 0 Å². The van der Waals surface area contributed by atoms with E-state index < -0.39 is 0 Å². The van der Waals surface area contributed by atoms with Crippen molar-refractivity contribution in [1.82, 2.24) is 9.36 Å². The maximum atomic E-state index is 9.14. The predicted octanol–water partition coefficient (Wildman–Crippen LogP) is 1.76. The van der Waals surface area contributed by atoms with E-state index in [0.29, 0.717) is 23.0 Å². The van der Waals surface area contributed by atoms with Crippen LogP contribution in [0.15, 0.2) is 0 Å². The van der Waals surface area contributed by atoms with Crippen LogP contribution < -0.4 is 10.6 Å². The zero-order valence-electron chi connectivity index (χ0n) is 10.9. The van der Waals surface area contributed by atoms with Gasteiger partial charge in [-0.05, 0) is 12.0 Å². The number of thiophene rings is 1. The molecular formula is C12H13N5OS2. The Kier molecular flexibility index (Phi) is 3.56. The quantitative estimate of drug-likeness (QED) is 0.929. The third-order valence-corrected chi connectivity index (χ3v) is 5.06. The molecule has 2 N–H and O–H groups in total. The number of rotatable bonds is 3. The molecule has 0 spiro atoms. The molecule has 0 aromatic carbocycles. The molecule has 6 nitrogen and oxygen atoms in total. The van der Waals surface area contributed by atoms with Crippen LogP contribution in [-0.2, 0) is 24.3 Å². The standard InChI is InChI=1S/C12H13N5OS2/c1-18-6-10-15-12(20-16-10)17-3-2-7-8(4-13)11(14)19-9(7)5-17/h2-3,5-6,14H2,1H3. The van der Waals surface area contributed by atoms with Gasteiger partial charge in [0.1, 0.15) is 17.7 Å². The van der Waals surface area contributed by atoms with Gasteiger partial charge in [-0.15, -0.1) is 11.3 Å². The van der Waals surface area contributed by atoms with E-state index in [9.17, 15) is 0 Å². The molecule has 0 radical (unpaired) electrons. The molecular weight excluding hydrogens is 294 g/mol. The van der Waals surface area contributed by atoms with E-state index in [4.69, 9.17) is 15.7 Å². The van der Waals surface area contributed by atoms with Gasteiger partial charge in [0, 0.05) is 30.1 Å². The molecule has 0 fully saturated rings. The third kappa shape index (κ3) is 2.24. The van der Waals surface area contributed by atoms with Gasteiger partial charge in [0.25, 0.3) is 0 Å². The third-order valence-electron chi connectivity index (χ3n) is 3.20. The zero-order valence-corrected chi connectivity index (χ0v) is 12.6. The lowest BCUT2D eigenvalue weighted by Gasteiger charge is -2.25. The average Bonchev–Trinajstić information content (AvgIpc) is 3.01. The van der Waals surface area contributed by atoms with Crippen LogP contribution in [0.5, 0.6) is 0 Å². The molecule has 0 aliphatic carbocycles. The van der Waals surface area contributed by atoms with Crippen molar-refractivity contribution in [1.29, 1.82) is 5.26 Å². The van der Waals surface area contributed by atoms with Crippen molar-refractivity contribution >= 4 is 33.0 Å². The average molecular weight is 307 g/mol. The Morgan fingerprint density at radius 1 is 1.55 bits per heavy atom. The summed E-state index contributed by atoms with van der Waals surface area (Å²) in [7, 11) is 1.63. The second-order valence-corrected chi connectivity index (χ2v) is 6.32. The Hall–Kier alpha value is -1.69. The Balaban J connectivity index is 1.83. The highest BCUT2D eigenvalue weighted by molar-refractivity contribution is 7.16. The van der Waals surface area contributed by atoms with Crippen molar-refractivity contribution in [2.75, 3.05) is 24.3 Å². The van der Waals surface area contributed by atoms with Gasteiger partial charge >= 0.3 is 0 Å². The van der Waals surface area contributed by atoms with E-state index in [0.717, 1.165) is 35.1 Å². The molecule has 0 amide bonds. The van der Waals surface area contributed by atoms with Gasteiger partial charge in [-0.1, -0.05) is 0 Å². The highest BCUT2D eigenvalue weighted by Crippen LogP contribution is 2.36. The van der Waals surface area contributed by atoms with E-state index in [1.807, 2.05) is 0 Å². The summed E-state index contributed by atoms with van der Waals surface area (Å²) >= 11 is 2.88. The monoisotopic (exact) mass is 307 g/mol. The van der Waals surface area contributed by atoms with Crippen LogP contribution in [0.3, 0.4) is 0 Å². The van der Waals surface area contributed by atoms with E-state index in [1.165, 1.54) is 22.9 Å². The first kappa shape index (κ1) is 13.3. The summed E-state index contributed by atoms with van der Waals surface area (Å²) in [6, 6.07) is 2.20. The number of nitriles is 1. The van der Waals surface area contributed by atoms with Crippen molar-refractivity contribution in [2.45, 2.75) is 19.6 Å². The Morgan fingerprint density at radius 3 is 3.15 bits per heavy atom. The van der Waals surface area contributed by atoms with Gasteiger partial charge in [0.2, 0.25) is 5.13 Å². The van der Waals surface area contributed by atoms with Crippen molar-refractivity contribution in [3.05, 3.63) is 21.8 Å². The molecule has 0 atom stereocenters. The Bertz CT molecular complexity index is 672. The van der Waals surface area contributed by atoms with Gasteiger partial charge in [0.05, 0.1) is 12.1 Å². The molecule has 3 rings (SSSR count). The van der Waals surface area contributed by atoms with Crippen LogP contribution >= 0.6 is 22.9 Å². The topological polar surface area (TPSA) is 88.1 Å². The van der Waals surface area contributed by atoms with E-state index in [2.05, 4.69) is 20.3 Å². The molecule has 0 bridgehead atoms. The van der Waals surface area contributed by atoms with Crippen LogP contribution in [0.25, 0.3) is 0 Å². The number of hydrogen-bond acceptors (Lipinski definition) is 8. The summed E-state index contributed by atoms with van der Waals surface area (Å²) < 4.78 is 9.30. The number of anilines is 2. The normalized spacial score (nSPS) is 14.1. The molecule has 1 aliphatic heterocycles. The number of nitrogens with two attached hydrogens (primary N) is 1. The van der Waals surface area contributed by atoms with Crippen LogP contribution in [0.2, 0.25) is 0 Å². The first-order valence-corrected chi connectivity index (χ1v) is 7.68. The summed E-state index contributed by atoms with van der Waals surface area (Å²) in [6.45, 7) is 2.01. The molecule has 2 aromatic rings. The molecule has 8 heteroatoms. The minimum atomic E-state index is 0.431. The summed E-state index contributed by atoms with van der Waals surface area (Å²) in [5.74, 6) is 0.710. The number of aromatic nitrogens is 2. The number of methoxy groups -OCH3 is 1. The lowest BCUT2D eigenvalue weighted by atomic mass is 10.0. The number of nitrogen functional groups attached to an aromatic ring is 1. The molecule has 3 heterocycles. The van der Waals surface area contributed by atoms with E-state index in [-0.39, 0.29) is 0 Å². The Labute approximate surface area is 124 Å². The maximum absolute atomic E-state index is 9.14. The molecule has 20 heavy (non-hydrogen) atoms. The number of nitrogens with zero attached hydrogens (tertiary/aromatic N) is 4. The van der Waals surface area contributed by atoms with Crippen LogP contribution in [-0.4, -0.2) is 23.0 Å². The molecule has 2 aromatic heterocycles. The van der Waals surface area contributed by atoms with Gasteiger partial charge < -0.3 is 15.4 Å². The largest absolute Gasteiger partial charge is 0.389 e. The minimum absolute atomic E-state index is 0.431. The second-order valence-electron chi connectivity index (χ2n) is 4.45. The zero-order chi connectivity index (χ0) is 14.1.